The van der Waals surface area contributed by atoms with E-state index in [-0.39, 0.29) is 0 Å². The zero-order chi connectivity index (χ0) is 82.8. The van der Waals surface area contributed by atoms with E-state index in [1.54, 1.807) is 0 Å². The summed E-state index contributed by atoms with van der Waals surface area (Å²) in [4.78, 5) is 9.41. The number of para-hydroxylation sites is 3. The molecule has 0 heterocycles. The lowest BCUT2D eigenvalue weighted by Crippen LogP contribution is -2.10. The fraction of sp³-hybridized carbons (Fsp3) is 0. The SMILES string of the molecule is c1ccc(-c2cccc(-c3ccc(N(c4ccccc4)c4ccc(-c5ccc(N(c6ccccc6)c6ccc(-c7cccc(-c8cccc(-c9cccc(N(c%10ccc(-c%11ccc(N(c%12ccccc%12)c%12cccc(-c%13cccc(-c%14ccccc%14)c%13)c%12)cc%11)cc%10)c%10cccc(-c%11cccc(-c%12ccccc%12)c%11)c%10)c9)c8)c7)cc6)cc5)cc4)cc3)c2)cc1. The molecule has 0 aliphatic heterocycles. The average molecular weight is 1580 g/mol. The van der Waals surface area contributed by atoms with E-state index in [0.29, 0.717) is 0 Å². The first-order valence-electron chi connectivity index (χ1n) is 42.4. The van der Waals surface area contributed by atoms with Gasteiger partial charge < -0.3 is 19.6 Å². The Morgan fingerprint density at radius 3 is 0.387 bits per heavy atom. The second-order valence-corrected chi connectivity index (χ2v) is 31.3. The summed E-state index contributed by atoms with van der Waals surface area (Å²) < 4.78 is 0. The molecule has 0 radical (unpaired) electrons. The van der Waals surface area contributed by atoms with Gasteiger partial charge in [0.05, 0.1) is 0 Å². The largest absolute Gasteiger partial charge is 0.311 e. The van der Waals surface area contributed by atoms with Gasteiger partial charge in [-0.3, -0.25) is 0 Å². The van der Waals surface area contributed by atoms with Crippen molar-refractivity contribution >= 4 is 68.2 Å². The van der Waals surface area contributed by atoms with Gasteiger partial charge in [-0.2, -0.15) is 0 Å². The average Bonchev–Trinajstić information content (AvgIpc) is 0.803. The second kappa shape index (κ2) is 35.3. The normalized spacial score (nSPS) is 11.1. The first-order valence-corrected chi connectivity index (χ1v) is 42.4. The number of hydrogen-bond donors (Lipinski definition) is 0. The smallest absolute Gasteiger partial charge is 0.0467 e. The zero-order valence-corrected chi connectivity index (χ0v) is 68.4. The monoisotopic (exact) mass is 1580 g/mol. The molecular weight excluding hydrogens is 1500 g/mol. The summed E-state index contributed by atoms with van der Waals surface area (Å²) in [6.07, 6.45) is 0. The molecule has 0 aromatic heterocycles. The first-order chi connectivity index (χ1) is 61.4. The first kappa shape index (κ1) is 76.3. The summed E-state index contributed by atoms with van der Waals surface area (Å²) in [5.74, 6) is 0. The molecule has 0 aliphatic carbocycles. The van der Waals surface area contributed by atoms with Gasteiger partial charge >= 0.3 is 0 Å². The Morgan fingerprint density at radius 2 is 0.185 bits per heavy atom. The second-order valence-electron chi connectivity index (χ2n) is 31.3. The molecule has 20 aromatic rings. The van der Waals surface area contributed by atoms with Crippen LogP contribution in [-0.2, 0) is 0 Å². The van der Waals surface area contributed by atoms with Crippen LogP contribution in [0.3, 0.4) is 0 Å². The van der Waals surface area contributed by atoms with E-state index in [9.17, 15) is 0 Å². The van der Waals surface area contributed by atoms with Crippen molar-refractivity contribution in [2.45, 2.75) is 0 Å². The van der Waals surface area contributed by atoms with Crippen molar-refractivity contribution in [3.8, 4) is 122 Å². The third-order valence-corrected chi connectivity index (χ3v) is 23.4. The summed E-state index contributed by atoms with van der Waals surface area (Å²) in [6.45, 7) is 0. The van der Waals surface area contributed by atoms with Gasteiger partial charge in [-0.15, -0.1) is 0 Å². The summed E-state index contributed by atoms with van der Waals surface area (Å²) >= 11 is 0. The Balaban J connectivity index is 0.560. The molecule has 0 N–H and O–H groups in total. The van der Waals surface area contributed by atoms with Crippen molar-refractivity contribution in [3.63, 3.8) is 0 Å². The highest BCUT2D eigenvalue weighted by molar-refractivity contribution is 5.90. The molecule has 4 nitrogen and oxygen atoms in total. The summed E-state index contributed by atoms with van der Waals surface area (Å²) in [5, 5.41) is 0. The van der Waals surface area contributed by atoms with Crippen LogP contribution in [0.15, 0.2) is 522 Å². The zero-order valence-electron chi connectivity index (χ0n) is 68.4. The van der Waals surface area contributed by atoms with E-state index < -0.39 is 0 Å². The molecule has 0 saturated heterocycles. The van der Waals surface area contributed by atoms with Gasteiger partial charge in [0.15, 0.2) is 0 Å². The fourth-order valence-electron chi connectivity index (χ4n) is 17.1. The van der Waals surface area contributed by atoms with Crippen molar-refractivity contribution in [1.29, 1.82) is 0 Å². The van der Waals surface area contributed by atoms with Gasteiger partial charge in [0.2, 0.25) is 0 Å². The van der Waals surface area contributed by atoms with Gasteiger partial charge in [0.25, 0.3) is 0 Å². The highest BCUT2D eigenvalue weighted by atomic mass is 15.2. The van der Waals surface area contributed by atoms with Crippen LogP contribution in [-0.4, -0.2) is 0 Å². The molecule has 0 unspecified atom stereocenters. The number of nitrogens with zero attached hydrogens (tertiary/aromatic N) is 4. The van der Waals surface area contributed by atoms with Crippen molar-refractivity contribution in [2.24, 2.45) is 0 Å². The quantitative estimate of drug-likeness (QED) is 0.0633. The minimum absolute atomic E-state index is 1.05. The van der Waals surface area contributed by atoms with Crippen molar-refractivity contribution in [2.75, 3.05) is 19.6 Å². The molecule has 20 aromatic carbocycles. The maximum atomic E-state index is 2.40. The molecule has 0 fully saturated rings. The Labute approximate surface area is 727 Å². The minimum Gasteiger partial charge on any atom is -0.311 e. The van der Waals surface area contributed by atoms with Crippen LogP contribution in [0.25, 0.3) is 122 Å². The van der Waals surface area contributed by atoms with E-state index in [2.05, 4.69) is 541 Å². The number of anilines is 12. The van der Waals surface area contributed by atoms with E-state index in [1.165, 1.54) is 50.1 Å². The Hall–Kier alpha value is -16.4. The lowest BCUT2D eigenvalue weighted by Gasteiger charge is -2.27. The molecule has 0 spiro atoms. The number of rotatable bonds is 23. The maximum absolute atomic E-state index is 2.40. The molecule has 0 amide bonds. The highest BCUT2D eigenvalue weighted by Gasteiger charge is 2.21. The van der Waals surface area contributed by atoms with Crippen LogP contribution in [0.1, 0.15) is 0 Å². The van der Waals surface area contributed by atoms with Gasteiger partial charge in [-0.1, -0.05) is 346 Å². The number of hydrogen-bond acceptors (Lipinski definition) is 4. The Morgan fingerprint density at radius 1 is 0.0726 bits per heavy atom. The van der Waals surface area contributed by atoms with Crippen LogP contribution in [0.5, 0.6) is 0 Å². The molecule has 0 aliphatic rings. The highest BCUT2D eigenvalue weighted by Crippen LogP contribution is 2.46. The van der Waals surface area contributed by atoms with Crippen LogP contribution < -0.4 is 19.6 Å². The number of benzene rings is 20. The molecule has 586 valence electrons. The molecule has 124 heavy (non-hydrogen) atoms. The molecule has 20 rings (SSSR count). The van der Waals surface area contributed by atoms with Gasteiger partial charge in [-0.05, 0) is 298 Å². The third kappa shape index (κ3) is 16.6. The van der Waals surface area contributed by atoms with Crippen LogP contribution in [0.4, 0.5) is 68.2 Å². The minimum atomic E-state index is 1.05. The van der Waals surface area contributed by atoms with Crippen LogP contribution >= 0.6 is 0 Å². The molecule has 0 atom stereocenters. The van der Waals surface area contributed by atoms with Gasteiger partial charge in [0, 0.05) is 68.2 Å². The summed E-state index contributed by atoms with van der Waals surface area (Å²) in [5.41, 5.74) is 38.4. The molecule has 0 bridgehead atoms. The van der Waals surface area contributed by atoms with Crippen molar-refractivity contribution < 1.29 is 0 Å². The summed E-state index contributed by atoms with van der Waals surface area (Å²) in [6, 6.07) is 189. The van der Waals surface area contributed by atoms with Crippen LogP contribution in [0, 0.1) is 0 Å². The standard InChI is InChI=1S/C120H86N4/c1-7-27-87(28-8-1)96-33-19-36-99(79-96)94-63-75-114(76-64-94)121(109-46-13-4-14-47-109)112-67-55-90(56-68-112)91-57-69-113(70-58-91)122(110-48-15-5-16-49-110)115-77-65-95(66-78-115)100-37-22-38-101(82-100)102-39-23-42-105(83-102)108-45-26-54-120(86-108)124(119-53-25-44-107(85-119)104-41-21-35-98(81-104)89-31-11-3-12-32-89)117-73-61-93(62-74-117)92-59-71-116(72-60-92)123(111-50-17-6-18-51-111)118-52-24-43-106(84-118)103-40-20-34-97(80-103)88-29-9-2-10-30-88/h1-86H. The van der Waals surface area contributed by atoms with E-state index in [1.807, 2.05) is 0 Å². The Bertz CT molecular complexity index is 7030. The summed E-state index contributed by atoms with van der Waals surface area (Å²) in [7, 11) is 0. The van der Waals surface area contributed by atoms with Crippen LogP contribution in [0.2, 0.25) is 0 Å². The maximum Gasteiger partial charge on any atom is 0.0467 e. The van der Waals surface area contributed by atoms with E-state index in [0.717, 1.165) is 141 Å². The lowest BCUT2D eigenvalue weighted by atomic mass is 9.95. The molecule has 4 heteroatoms. The predicted molar refractivity (Wildman–Crippen MR) is 525 cm³/mol. The molecule has 0 saturated carbocycles. The van der Waals surface area contributed by atoms with Gasteiger partial charge in [-0.25, -0.2) is 0 Å². The van der Waals surface area contributed by atoms with Crippen molar-refractivity contribution in [1.82, 2.24) is 0 Å². The fourth-order valence-corrected chi connectivity index (χ4v) is 17.1. The van der Waals surface area contributed by atoms with Gasteiger partial charge in [0.1, 0.15) is 0 Å². The van der Waals surface area contributed by atoms with E-state index >= 15 is 0 Å². The third-order valence-electron chi connectivity index (χ3n) is 23.4. The molecular formula is C120H86N4. The topological polar surface area (TPSA) is 13.0 Å². The Kier molecular flexibility index (Phi) is 21.7. The predicted octanol–water partition coefficient (Wildman–Crippen LogP) is 33.9. The van der Waals surface area contributed by atoms with E-state index in [4.69, 9.17) is 0 Å². The van der Waals surface area contributed by atoms with Crippen molar-refractivity contribution in [3.05, 3.63) is 522 Å². The lowest BCUT2D eigenvalue weighted by molar-refractivity contribution is 1.28.